The lowest BCUT2D eigenvalue weighted by atomic mass is 9.95. The molecule has 1 aromatic carbocycles. The van der Waals surface area contributed by atoms with Crippen molar-refractivity contribution in [1.82, 2.24) is 9.80 Å². The summed E-state index contributed by atoms with van der Waals surface area (Å²) in [6.07, 6.45) is 1.84. The first kappa shape index (κ1) is 15.8. The van der Waals surface area contributed by atoms with E-state index in [0.717, 1.165) is 51.1 Å². The second-order valence-corrected chi connectivity index (χ2v) is 5.69. The second kappa shape index (κ2) is 7.46. The number of hydrogen-bond acceptors (Lipinski definition) is 3. The number of phenols is 1. The van der Waals surface area contributed by atoms with E-state index in [0.29, 0.717) is 11.7 Å². The maximum Gasteiger partial charge on any atom is 0.225 e. The first-order valence-corrected chi connectivity index (χ1v) is 7.93. The van der Waals surface area contributed by atoms with Crippen LogP contribution in [0.1, 0.15) is 32.3 Å². The Hall–Kier alpha value is -1.55. The van der Waals surface area contributed by atoms with Crippen molar-refractivity contribution in [1.29, 1.82) is 0 Å². The number of piperidine rings is 1. The molecule has 0 bridgehead atoms. The summed E-state index contributed by atoms with van der Waals surface area (Å²) in [4.78, 5) is 16.6. The number of hydrogen-bond donors (Lipinski definition) is 1. The van der Waals surface area contributed by atoms with E-state index in [1.54, 1.807) is 6.07 Å². The summed E-state index contributed by atoms with van der Waals surface area (Å²) in [6, 6.07) is 7.48. The summed E-state index contributed by atoms with van der Waals surface area (Å²) in [5.41, 5.74) is 0.964. The Bertz CT molecular complexity index is 464. The third-order valence-corrected chi connectivity index (χ3v) is 4.40. The molecule has 1 N–H and O–H groups in total. The maximum absolute atomic E-state index is 12.3. The fraction of sp³-hybridized carbons (Fsp3) is 0.588. The molecule has 0 aliphatic carbocycles. The highest BCUT2D eigenvalue weighted by Crippen LogP contribution is 2.23. The van der Waals surface area contributed by atoms with E-state index in [1.165, 1.54) is 0 Å². The Morgan fingerprint density at radius 2 is 1.86 bits per heavy atom. The highest BCUT2D eigenvalue weighted by molar-refractivity contribution is 5.78. The lowest BCUT2D eigenvalue weighted by Gasteiger charge is -2.33. The van der Waals surface area contributed by atoms with Crippen molar-refractivity contribution >= 4 is 5.91 Å². The van der Waals surface area contributed by atoms with E-state index in [9.17, 15) is 9.90 Å². The summed E-state index contributed by atoms with van der Waals surface area (Å²) >= 11 is 0. The molecule has 0 spiro atoms. The fourth-order valence-corrected chi connectivity index (χ4v) is 3.02. The summed E-state index contributed by atoms with van der Waals surface area (Å²) < 4.78 is 0. The predicted molar refractivity (Wildman–Crippen MR) is 84.0 cm³/mol. The number of rotatable bonds is 5. The second-order valence-electron chi connectivity index (χ2n) is 5.69. The maximum atomic E-state index is 12.3. The molecule has 2 rings (SSSR count). The first-order chi connectivity index (χ1) is 10.2. The van der Waals surface area contributed by atoms with E-state index >= 15 is 0 Å². The van der Waals surface area contributed by atoms with Gasteiger partial charge in [0.1, 0.15) is 5.75 Å². The topological polar surface area (TPSA) is 43.8 Å². The Balaban J connectivity index is 1.86. The molecule has 21 heavy (non-hydrogen) atoms. The summed E-state index contributed by atoms with van der Waals surface area (Å²) in [6.45, 7) is 8.28. The molecule has 0 atom stereocenters. The Kier molecular flexibility index (Phi) is 5.62. The van der Waals surface area contributed by atoms with Crippen LogP contribution in [0.5, 0.6) is 5.75 Å². The average Bonchev–Trinajstić information content (AvgIpc) is 2.51. The largest absolute Gasteiger partial charge is 0.508 e. The van der Waals surface area contributed by atoms with Gasteiger partial charge in [-0.1, -0.05) is 18.2 Å². The monoisotopic (exact) mass is 290 g/mol. The number of benzene rings is 1. The zero-order valence-corrected chi connectivity index (χ0v) is 13.1. The standard InChI is InChI=1S/C17H26N2O2/c1-3-19(4-2)17(21)14-9-11-18(12-10-14)13-15-7-5-6-8-16(15)20/h5-8,14,20H,3-4,9-13H2,1-2H3. The van der Waals surface area contributed by atoms with Gasteiger partial charge in [-0.15, -0.1) is 0 Å². The molecule has 0 aromatic heterocycles. The summed E-state index contributed by atoms with van der Waals surface area (Å²) in [7, 11) is 0. The van der Waals surface area contributed by atoms with Gasteiger partial charge in [0.2, 0.25) is 5.91 Å². The SMILES string of the molecule is CCN(CC)C(=O)C1CCN(Cc2ccccc2O)CC1. The van der Waals surface area contributed by atoms with E-state index in [2.05, 4.69) is 4.90 Å². The molecular weight excluding hydrogens is 264 g/mol. The van der Waals surface area contributed by atoms with Gasteiger partial charge in [-0.05, 0) is 45.8 Å². The quantitative estimate of drug-likeness (QED) is 0.906. The van der Waals surface area contributed by atoms with Gasteiger partial charge < -0.3 is 10.0 Å². The Labute approximate surface area is 127 Å². The molecule has 4 nitrogen and oxygen atoms in total. The van der Waals surface area contributed by atoms with Crippen molar-refractivity contribution < 1.29 is 9.90 Å². The molecule has 1 amide bonds. The fourth-order valence-electron chi connectivity index (χ4n) is 3.02. The number of aromatic hydroxyl groups is 1. The van der Waals surface area contributed by atoms with Crippen LogP contribution in [0, 0.1) is 5.92 Å². The van der Waals surface area contributed by atoms with Crippen LogP contribution in [0.3, 0.4) is 0 Å². The lowest BCUT2D eigenvalue weighted by molar-refractivity contribution is -0.136. The smallest absolute Gasteiger partial charge is 0.225 e. The van der Waals surface area contributed by atoms with Crippen LogP contribution in [0.2, 0.25) is 0 Å². The number of amides is 1. The summed E-state index contributed by atoms with van der Waals surface area (Å²) in [5, 5.41) is 9.83. The van der Waals surface area contributed by atoms with Gasteiger partial charge in [0.05, 0.1) is 0 Å². The van der Waals surface area contributed by atoms with Gasteiger partial charge in [0.25, 0.3) is 0 Å². The number of nitrogens with zero attached hydrogens (tertiary/aromatic N) is 2. The number of phenolic OH excluding ortho intramolecular Hbond substituents is 1. The summed E-state index contributed by atoms with van der Waals surface area (Å²) in [5.74, 6) is 0.839. The van der Waals surface area contributed by atoms with Crippen LogP contribution in [0.15, 0.2) is 24.3 Å². The molecule has 4 heteroatoms. The molecule has 1 heterocycles. The highest BCUT2D eigenvalue weighted by Gasteiger charge is 2.27. The molecule has 1 aromatic rings. The predicted octanol–water partition coefficient (Wildman–Crippen LogP) is 2.47. The lowest BCUT2D eigenvalue weighted by Crippen LogP contribution is -2.42. The van der Waals surface area contributed by atoms with E-state index < -0.39 is 0 Å². The van der Waals surface area contributed by atoms with E-state index in [-0.39, 0.29) is 5.92 Å². The number of carbonyl (C=O) groups is 1. The van der Waals surface area contributed by atoms with Gasteiger partial charge in [-0.2, -0.15) is 0 Å². The molecule has 1 fully saturated rings. The van der Waals surface area contributed by atoms with Gasteiger partial charge in [-0.25, -0.2) is 0 Å². The van der Waals surface area contributed by atoms with Gasteiger partial charge in [0, 0.05) is 31.1 Å². The molecule has 0 saturated carbocycles. The van der Waals surface area contributed by atoms with E-state index in [4.69, 9.17) is 0 Å². The minimum atomic E-state index is 0.172. The van der Waals surface area contributed by atoms with Crippen molar-refractivity contribution in [3.63, 3.8) is 0 Å². The zero-order valence-electron chi connectivity index (χ0n) is 13.1. The van der Waals surface area contributed by atoms with E-state index in [1.807, 2.05) is 36.9 Å². The first-order valence-electron chi connectivity index (χ1n) is 7.93. The van der Waals surface area contributed by atoms with Crippen molar-refractivity contribution in [3.8, 4) is 5.75 Å². The van der Waals surface area contributed by atoms with Crippen LogP contribution >= 0.6 is 0 Å². The normalized spacial score (nSPS) is 16.9. The van der Waals surface area contributed by atoms with Gasteiger partial charge >= 0.3 is 0 Å². The minimum Gasteiger partial charge on any atom is -0.508 e. The van der Waals surface area contributed by atoms with Crippen LogP contribution in [0.4, 0.5) is 0 Å². The van der Waals surface area contributed by atoms with Crippen molar-refractivity contribution in [2.75, 3.05) is 26.2 Å². The average molecular weight is 290 g/mol. The van der Waals surface area contributed by atoms with Gasteiger partial charge in [0.15, 0.2) is 0 Å². The van der Waals surface area contributed by atoms with Crippen LogP contribution in [0.25, 0.3) is 0 Å². The zero-order chi connectivity index (χ0) is 15.2. The molecule has 1 saturated heterocycles. The number of carbonyl (C=O) groups excluding carboxylic acids is 1. The molecule has 0 radical (unpaired) electrons. The molecule has 1 aliphatic rings. The third kappa shape index (κ3) is 3.97. The molecular formula is C17H26N2O2. The Morgan fingerprint density at radius 1 is 1.24 bits per heavy atom. The number of para-hydroxylation sites is 1. The molecule has 116 valence electrons. The van der Waals surface area contributed by atoms with Crippen LogP contribution in [-0.2, 0) is 11.3 Å². The third-order valence-electron chi connectivity index (χ3n) is 4.40. The minimum absolute atomic E-state index is 0.172. The van der Waals surface area contributed by atoms with Crippen LogP contribution < -0.4 is 0 Å². The number of likely N-dealkylation sites (tertiary alicyclic amines) is 1. The Morgan fingerprint density at radius 3 is 2.43 bits per heavy atom. The van der Waals surface area contributed by atoms with Crippen molar-refractivity contribution in [2.24, 2.45) is 5.92 Å². The molecule has 0 unspecified atom stereocenters. The highest BCUT2D eigenvalue weighted by atomic mass is 16.3. The van der Waals surface area contributed by atoms with Crippen LogP contribution in [-0.4, -0.2) is 47.0 Å². The van der Waals surface area contributed by atoms with Crippen molar-refractivity contribution in [2.45, 2.75) is 33.2 Å². The van der Waals surface area contributed by atoms with Gasteiger partial charge in [-0.3, -0.25) is 9.69 Å². The molecule has 1 aliphatic heterocycles. The van der Waals surface area contributed by atoms with Crippen molar-refractivity contribution in [3.05, 3.63) is 29.8 Å².